The summed E-state index contributed by atoms with van der Waals surface area (Å²) in [7, 11) is 0. The Morgan fingerprint density at radius 3 is 2.75 bits per heavy atom. The van der Waals surface area contributed by atoms with Gasteiger partial charge >= 0.3 is 0 Å². The summed E-state index contributed by atoms with van der Waals surface area (Å²) in [6.45, 7) is 4.81. The Balaban J connectivity index is 1.61. The van der Waals surface area contributed by atoms with Crippen LogP contribution >= 0.6 is 11.3 Å². The minimum Gasteiger partial charge on any atom is -0.336 e. The fourth-order valence-corrected chi connectivity index (χ4v) is 2.79. The van der Waals surface area contributed by atoms with E-state index < -0.39 is 0 Å². The van der Waals surface area contributed by atoms with E-state index in [-0.39, 0.29) is 0 Å². The maximum atomic E-state index is 4.51. The van der Waals surface area contributed by atoms with Gasteiger partial charge in [0.05, 0.1) is 6.54 Å². The van der Waals surface area contributed by atoms with E-state index >= 15 is 0 Å². The molecule has 106 valence electrons. The van der Waals surface area contributed by atoms with Crippen molar-refractivity contribution in [3.05, 3.63) is 40.3 Å². The standard InChI is InChI=1S/C15H20N4S/c1-2-19(11-14-4-3-7-20-14)15-17-9-12(10-18-15)8-16-13-5-6-13/h3-4,7,9-10,13,16H,2,5-6,8,11H2,1H3. The zero-order valence-corrected chi connectivity index (χ0v) is 12.6. The third-order valence-electron chi connectivity index (χ3n) is 3.46. The fraction of sp³-hybridized carbons (Fsp3) is 0.467. The van der Waals surface area contributed by atoms with Crippen molar-refractivity contribution in [2.45, 2.75) is 38.9 Å². The highest BCUT2D eigenvalue weighted by atomic mass is 32.1. The first-order chi connectivity index (χ1) is 9.85. The van der Waals surface area contributed by atoms with Gasteiger partial charge in [0.1, 0.15) is 0 Å². The lowest BCUT2D eigenvalue weighted by atomic mass is 10.3. The van der Waals surface area contributed by atoms with Gasteiger partial charge in [-0.15, -0.1) is 11.3 Å². The van der Waals surface area contributed by atoms with Gasteiger partial charge in [0.25, 0.3) is 0 Å². The van der Waals surface area contributed by atoms with E-state index in [9.17, 15) is 0 Å². The molecule has 0 spiro atoms. The Hall–Kier alpha value is -1.46. The van der Waals surface area contributed by atoms with Gasteiger partial charge in [0.15, 0.2) is 0 Å². The van der Waals surface area contributed by atoms with Crippen molar-refractivity contribution in [1.82, 2.24) is 15.3 Å². The van der Waals surface area contributed by atoms with Gasteiger partial charge in [-0.2, -0.15) is 0 Å². The van der Waals surface area contributed by atoms with E-state index in [1.54, 1.807) is 11.3 Å². The molecule has 20 heavy (non-hydrogen) atoms. The third-order valence-corrected chi connectivity index (χ3v) is 4.32. The number of nitrogens with zero attached hydrogens (tertiary/aromatic N) is 3. The Morgan fingerprint density at radius 2 is 2.15 bits per heavy atom. The van der Waals surface area contributed by atoms with Crippen molar-refractivity contribution in [3.63, 3.8) is 0 Å². The molecule has 0 radical (unpaired) electrons. The van der Waals surface area contributed by atoms with E-state index in [1.165, 1.54) is 17.7 Å². The number of aromatic nitrogens is 2. The van der Waals surface area contributed by atoms with Crippen LogP contribution in [0.15, 0.2) is 29.9 Å². The molecule has 5 heteroatoms. The Kier molecular flexibility index (Phi) is 4.28. The molecule has 1 saturated carbocycles. The first-order valence-electron chi connectivity index (χ1n) is 7.17. The lowest BCUT2D eigenvalue weighted by Gasteiger charge is -2.19. The van der Waals surface area contributed by atoms with Crippen LogP contribution in [0.4, 0.5) is 5.95 Å². The number of thiophene rings is 1. The monoisotopic (exact) mass is 288 g/mol. The second kappa shape index (κ2) is 6.33. The summed E-state index contributed by atoms with van der Waals surface area (Å²) >= 11 is 1.78. The molecule has 1 aliphatic carbocycles. The van der Waals surface area contributed by atoms with Gasteiger partial charge in [-0.25, -0.2) is 9.97 Å². The van der Waals surface area contributed by atoms with Crippen LogP contribution in [0.3, 0.4) is 0 Å². The lowest BCUT2D eigenvalue weighted by molar-refractivity contribution is 0.681. The van der Waals surface area contributed by atoms with Crippen LogP contribution in [-0.2, 0) is 13.1 Å². The largest absolute Gasteiger partial charge is 0.336 e. The number of nitrogens with one attached hydrogen (secondary N) is 1. The van der Waals surface area contributed by atoms with Crippen molar-refractivity contribution in [3.8, 4) is 0 Å². The zero-order valence-electron chi connectivity index (χ0n) is 11.7. The van der Waals surface area contributed by atoms with Crippen LogP contribution in [0.1, 0.15) is 30.2 Å². The summed E-state index contributed by atoms with van der Waals surface area (Å²) in [6.07, 6.45) is 6.50. The maximum Gasteiger partial charge on any atom is 0.225 e. The molecule has 1 fully saturated rings. The van der Waals surface area contributed by atoms with Gasteiger partial charge in [-0.05, 0) is 31.2 Å². The third kappa shape index (κ3) is 3.55. The molecule has 1 aliphatic rings. The highest BCUT2D eigenvalue weighted by Gasteiger charge is 2.20. The molecule has 4 nitrogen and oxygen atoms in total. The summed E-state index contributed by atoms with van der Waals surface area (Å²) < 4.78 is 0. The highest BCUT2D eigenvalue weighted by Crippen LogP contribution is 2.19. The summed E-state index contributed by atoms with van der Waals surface area (Å²) in [6, 6.07) is 4.96. The van der Waals surface area contributed by atoms with E-state index in [4.69, 9.17) is 0 Å². The molecular formula is C15H20N4S. The summed E-state index contributed by atoms with van der Waals surface area (Å²) in [5.74, 6) is 0.816. The van der Waals surface area contributed by atoms with Gasteiger partial charge in [0, 0.05) is 42.0 Å². The molecule has 0 atom stereocenters. The van der Waals surface area contributed by atoms with Crippen LogP contribution < -0.4 is 10.2 Å². The van der Waals surface area contributed by atoms with Crippen LogP contribution in [0.2, 0.25) is 0 Å². The minimum atomic E-state index is 0.723. The molecule has 2 aromatic heterocycles. The van der Waals surface area contributed by atoms with Gasteiger partial charge in [-0.3, -0.25) is 0 Å². The number of anilines is 1. The number of hydrogen-bond acceptors (Lipinski definition) is 5. The van der Waals surface area contributed by atoms with Crippen molar-refractivity contribution in [1.29, 1.82) is 0 Å². The highest BCUT2D eigenvalue weighted by molar-refractivity contribution is 7.09. The van der Waals surface area contributed by atoms with Crippen LogP contribution in [0.25, 0.3) is 0 Å². The molecule has 2 aromatic rings. The van der Waals surface area contributed by atoms with E-state index in [2.05, 4.69) is 44.6 Å². The SMILES string of the molecule is CCN(Cc1cccs1)c1ncc(CNC2CC2)cn1. The first-order valence-corrected chi connectivity index (χ1v) is 8.04. The van der Waals surface area contributed by atoms with Crippen molar-refractivity contribution in [2.75, 3.05) is 11.4 Å². The quantitative estimate of drug-likeness (QED) is 0.850. The molecule has 1 N–H and O–H groups in total. The van der Waals surface area contributed by atoms with Crippen LogP contribution in [-0.4, -0.2) is 22.6 Å². The topological polar surface area (TPSA) is 41.1 Å². The van der Waals surface area contributed by atoms with Gasteiger partial charge in [-0.1, -0.05) is 6.07 Å². The van der Waals surface area contributed by atoms with E-state index in [0.29, 0.717) is 0 Å². The molecule has 0 aliphatic heterocycles. The molecule has 0 amide bonds. The first kappa shape index (κ1) is 13.5. The van der Waals surface area contributed by atoms with E-state index in [1.807, 2.05) is 12.4 Å². The summed E-state index contributed by atoms with van der Waals surface area (Å²) in [4.78, 5) is 12.6. The second-order valence-corrected chi connectivity index (χ2v) is 6.17. The smallest absolute Gasteiger partial charge is 0.225 e. The van der Waals surface area contributed by atoms with Gasteiger partial charge in [0.2, 0.25) is 5.95 Å². The molecule has 0 bridgehead atoms. The molecule has 0 aromatic carbocycles. The zero-order chi connectivity index (χ0) is 13.8. The Morgan fingerprint density at radius 1 is 1.35 bits per heavy atom. The molecular weight excluding hydrogens is 268 g/mol. The predicted molar refractivity (Wildman–Crippen MR) is 82.9 cm³/mol. The number of rotatable bonds is 7. The average molecular weight is 288 g/mol. The maximum absolute atomic E-state index is 4.51. The summed E-state index contributed by atoms with van der Waals surface area (Å²) in [5.41, 5.74) is 1.16. The Bertz CT molecular complexity index is 519. The molecule has 0 saturated heterocycles. The molecule has 0 unspecified atom stereocenters. The molecule has 3 rings (SSSR count). The van der Waals surface area contributed by atoms with Gasteiger partial charge < -0.3 is 10.2 Å². The predicted octanol–water partition coefficient (Wildman–Crippen LogP) is 2.82. The van der Waals surface area contributed by atoms with Crippen molar-refractivity contribution in [2.24, 2.45) is 0 Å². The molecule has 2 heterocycles. The van der Waals surface area contributed by atoms with Crippen LogP contribution in [0, 0.1) is 0 Å². The number of hydrogen-bond donors (Lipinski definition) is 1. The normalized spacial score (nSPS) is 14.4. The van der Waals surface area contributed by atoms with Crippen molar-refractivity contribution < 1.29 is 0 Å². The van der Waals surface area contributed by atoms with Crippen molar-refractivity contribution >= 4 is 17.3 Å². The fourth-order valence-electron chi connectivity index (χ4n) is 2.07. The lowest BCUT2D eigenvalue weighted by Crippen LogP contribution is -2.24. The van der Waals surface area contributed by atoms with E-state index in [0.717, 1.165) is 37.2 Å². The average Bonchev–Trinajstić information content (AvgIpc) is 3.18. The second-order valence-electron chi connectivity index (χ2n) is 5.14. The Labute approximate surface area is 123 Å². The summed E-state index contributed by atoms with van der Waals surface area (Å²) in [5, 5.41) is 5.59. The van der Waals surface area contributed by atoms with Crippen LogP contribution in [0.5, 0.6) is 0 Å². The minimum absolute atomic E-state index is 0.723.